The topological polar surface area (TPSA) is 69.9 Å². The highest BCUT2D eigenvalue weighted by Gasteiger charge is 2.11. The van der Waals surface area contributed by atoms with Gasteiger partial charge in [-0.2, -0.15) is 0 Å². The molecular formula is C15H16N4. The summed E-state index contributed by atoms with van der Waals surface area (Å²) >= 11 is 0. The molecule has 4 nitrogen and oxygen atoms in total. The number of nitrogens with zero attached hydrogens (tertiary/aromatic N) is 2. The molecule has 4 heteroatoms. The fourth-order valence-corrected chi connectivity index (χ4v) is 2.32. The van der Waals surface area contributed by atoms with E-state index in [1.807, 2.05) is 36.4 Å². The van der Waals surface area contributed by atoms with Gasteiger partial charge in [0.1, 0.15) is 11.3 Å². The summed E-state index contributed by atoms with van der Waals surface area (Å²) in [5.74, 6) is 0.858. The third-order valence-electron chi connectivity index (χ3n) is 3.26. The van der Waals surface area contributed by atoms with Crippen LogP contribution in [0.1, 0.15) is 11.4 Å². The van der Waals surface area contributed by atoms with E-state index in [2.05, 4.69) is 21.7 Å². The molecule has 0 aliphatic carbocycles. The van der Waals surface area contributed by atoms with E-state index in [0.29, 0.717) is 12.2 Å². The van der Waals surface area contributed by atoms with Crippen LogP contribution in [0.15, 0.2) is 48.5 Å². The smallest absolute Gasteiger partial charge is 0.124 e. The van der Waals surface area contributed by atoms with Crippen LogP contribution in [0.25, 0.3) is 11.0 Å². The lowest BCUT2D eigenvalue weighted by Crippen LogP contribution is -2.09. The van der Waals surface area contributed by atoms with E-state index in [0.717, 1.165) is 23.4 Å². The van der Waals surface area contributed by atoms with Crippen LogP contribution in [0.4, 0.5) is 5.69 Å². The zero-order chi connectivity index (χ0) is 13.2. The second kappa shape index (κ2) is 4.74. The molecule has 4 N–H and O–H groups in total. The predicted octanol–water partition coefficient (Wildman–Crippen LogP) is 2.13. The average molecular weight is 252 g/mol. The van der Waals surface area contributed by atoms with E-state index in [-0.39, 0.29) is 0 Å². The van der Waals surface area contributed by atoms with Crippen molar-refractivity contribution < 1.29 is 0 Å². The Balaban J connectivity index is 2.14. The zero-order valence-electron chi connectivity index (χ0n) is 10.6. The second-order valence-corrected chi connectivity index (χ2v) is 4.52. The van der Waals surface area contributed by atoms with Crippen molar-refractivity contribution in [2.45, 2.75) is 13.1 Å². The highest BCUT2D eigenvalue weighted by molar-refractivity contribution is 5.87. The largest absolute Gasteiger partial charge is 0.397 e. The molecule has 1 aromatic heterocycles. The Bertz CT molecular complexity index is 701. The van der Waals surface area contributed by atoms with Gasteiger partial charge in [0, 0.05) is 6.54 Å². The zero-order valence-corrected chi connectivity index (χ0v) is 10.6. The van der Waals surface area contributed by atoms with Crippen LogP contribution in [0.3, 0.4) is 0 Å². The van der Waals surface area contributed by atoms with Crippen molar-refractivity contribution in [2.24, 2.45) is 5.73 Å². The van der Waals surface area contributed by atoms with Crippen molar-refractivity contribution in [3.63, 3.8) is 0 Å². The maximum Gasteiger partial charge on any atom is 0.124 e. The van der Waals surface area contributed by atoms with Gasteiger partial charge in [-0.3, -0.25) is 0 Å². The standard InChI is InChI=1S/C15H16N4/c16-9-14-18-15-12(17)7-4-8-13(15)19(14)10-11-5-2-1-3-6-11/h1-8H,9-10,16-17H2. The third kappa shape index (κ3) is 2.06. The van der Waals surface area contributed by atoms with Gasteiger partial charge in [-0.05, 0) is 17.7 Å². The van der Waals surface area contributed by atoms with E-state index in [4.69, 9.17) is 11.5 Å². The quantitative estimate of drug-likeness (QED) is 0.701. The number of hydrogen-bond donors (Lipinski definition) is 2. The number of aromatic nitrogens is 2. The van der Waals surface area contributed by atoms with Gasteiger partial charge in [0.25, 0.3) is 0 Å². The molecule has 0 spiro atoms. The van der Waals surface area contributed by atoms with Gasteiger partial charge >= 0.3 is 0 Å². The summed E-state index contributed by atoms with van der Waals surface area (Å²) in [6.07, 6.45) is 0. The number of fused-ring (bicyclic) bond motifs is 1. The molecule has 0 fully saturated rings. The van der Waals surface area contributed by atoms with Crippen molar-refractivity contribution in [3.8, 4) is 0 Å². The summed E-state index contributed by atoms with van der Waals surface area (Å²) in [4.78, 5) is 4.54. The highest BCUT2D eigenvalue weighted by atomic mass is 15.1. The van der Waals surface area contributed by atoms with Gasteiger partial charge in [0.2, 0.25) is 0 Å². The van der Waals surface area contributed by atoms with Gasteiger partial charge in [-0.1, -0.05) is 36.4 Å². The summed E-state index contributed by atoms with van der Waals surface area (Å²) in [5.41, 5.74) is 15.5. The van der Waals surface area contributed by atoms with E-state index in [9.17, 15) is 0 Å². The van der Waals surface area contributed by atoms with Gasteiger partial charge in [0.05, 0.1) is 17.7 Å². The lowest BCUT2D eigenvalue weighted by molar-refractivity contribution is 0.744. The van der Waals surface area contributed by atoms with Crippen LogP contribution < -0.4 is 11.5 Å². The van der Waals surface area contributed by atoms with E-state index < -0.39 is 0 Å². The van der Waals surface area contributed by atoms with Crippen molar-refractivity contribution in [3.05, 3.63) is 59.9 Å². The number of rotatable bonds is 3. The third-order valence-corrected chi connectivity index (χ3v) is 3.26. The van der Waals surface area contributed by atoms with Crippen molar-refractivity contribution in [2.75, 3.05) is 5.73 Å². The van der Waals surface area contributed by atoms with Crippen LogP contribution in [0.2, 0.25) is 0 Å². The Kier molecular flexibility index (Phi) is 2.93. The van der Waals surface area contributed by atoms with Crippen LogP contribution in [-0.4, -0.2) is 9.55 Å². The normalized spacial score (nSPS) is 11.0. The second-order valence-electron chi connectivity index (χ2n) is 4.52. The number of benzene rings is 2. The fraction of sp³-hybridized carbons (Fsp3) is 0.133. The Morgan fingerprint density at radius 3 is 2.53 bits per heavy atom. The molecule has 2 aromatic carbocycles. The number of anilines is 1. The van der Waals surface area contributed by atoms with E-state index >= 15 is 0 Å². The van der Waals surface area contributed by atoms with Crippen molar-refractivity contribution >= 4 is 16.7 Å². The molecule has 0 unspecified atom stereocenters. The lowest BCUT2D eigenvalue weighted by atomic mass is 10.2. The predicted molar refractivity (Wildman–Crippen MR) is 77.6 cm³/mol. The SMILES string of the molecule is NCc1nc2c(N)cccc2n1Cc1ccccc1. The number of hydrogen-bond acceptors (Lipinski definition) is 3. The summed E-state index contributed by atoms with van der Waals surface area (Å²) in [6.45, 7) is 1.16. The minimum Gasteiger partial charge on any atom is -0.397 e. The van der Waals surface area contributed by atoms with Gasteiger partial charge < -0.3 is 16.0 Å². The first-order chi connectivity index (χ1) is 9.29. The molecule has 0 aliphatic heterocycles. The van der Waals surface area contributed by atoms with Crippen LogP contribution in [0, 0.1) is 0 Å². The summed E-state index contributed by atoms with van der Waals surface area (Å²) in [7, 11) is 0. The Morgan fingerprint density at radius 1 is 1.00 bits per heavy atom. The van der Waals surface area contributed by atoms with Crippen molar-refractivity contribution in [1.29, 1.82) is 0 Å². The number of imidazole rings is 1. The summed E-state index contributed by atoms with van der Waals surface area (Å²) in [6, 6.07) is 16.1. The molecule has 0 amide bonds. The number of nitrogens with two attached hydrogens (primary N) is 2. The minimum absolute atomic E-state index is 0.404. The maximum absolute atomic E-state index is 5.97. The Labute approximate surface area is 111 Å². The molecule has 1 heterocycles. The molecular weight excluding hydrogens is 236 g/mol. The molecule has 96 valence electrons. The Morgan fingerprint density at radius 2 is 1.79 bits per heavy atom. The van der Waals surface area contributed by atoms with Crippen molar-refractivity contribution in [1.82, 2.24) is 9.55 Å². The molecule has 3 aromatic rings. The van der Waals surface area contributed by atoms with Gasteiger partial charge in [-0.15, -0.1) is 0 Å². The molecule has 3 rings (SSSR count). The Hall–Kier alpha value is -2.33. The molecule has 0 atom stereocenters. The average Bonchev–Trinajstić information content (AvgIpc) is 2.80. The fourth-order valence-electron chi connectivity index (χ4n) is 2.32. The maximum atomic E-state index is 5.97. The molecule has 0 saturated carbocycles. The van der Waals surface area contributed by atoms with Crippen LogP contribution in [-0.2, 0) is 13.1 Å². The van der Waals surface area contributed by atoms with Gasteiger partial charge in [0.15, 0.2) is 0 Å². The lowest BCUT2D eigenvalue weighted by Gasteiger charge is -2.08. The van der Waals surface area contributed by atoms with Gasteiger partial charge in [-0.25, -0.2) is 4.98 Å². The van der Waals surface area contributed by atoms with Crippen LogP contribution >= 0.6 is 0 Å². The van der Waals surface area contributed by atoms with Crippen LogP contribution in [0.5, 0.6) is 0 Å². The first kappa shape index (κ1) is 11.7. The molecule has 0 saturated heterocycles. The first-order valence-electron chi connectivity index (χ1n) is 6.27. The molecule has 0 radical (unpaired) electrons. The molecule has 0 bridgehead atoms. The molecule has 0 aliphatic rings. The monoisotopic (exact) mass is 252 g/mol. The number of nitrogen functional groups attached to an aromatic ring is 1. The van der Waals surface area contributed by atoms with E-state index in [1.54, 1.807) is 0 Å². The summed E-state index contributed by atoms with van der Waals surface area (Å²) < 4.78 is 2.13. The minimum atomic E-state index is 0.404. The van der Waals surface area contributed by atoms with E-state index in [1.165, 1.54) is 5.56 Å². The molecule has 19 heavy (non-hydrogen) atoms. The number of para-hydroxylation sites is 1. The summed E-state index contributed by atoms with van der Waals surface area (Å²) in [5, 5.41) is 0. The first-order valence-corrected chi connectivity index (χ1v) is 6.27. The highest BCUT2D eigenvalue weighted by Crippen LogP contribution is 2.22.